The van der Waals surface area contributed by atoms with Gasteiger partial charge < -0.3 is 14.7 Å². The number of rotatable bonds is 4. The predicted octanol–water partition coefficient (Wildman–Crippen LogP) is 1.21. The minimum absolute atomic E-state index is 0.217. The van der Waals surface area contributed by atoms with Crippen molar-refractivity contribution in [3.05, 3.63) is 0 Å². The molecule has 2 saturated heterocycles. The van der Waals surface area contributed by atoms with Gasteiger partial charge in [-0.1, -0.05) is 19.8 Å². The number of aliphatic imine (C=N–C) groups is 1. The Hall–Kier alpha value is -1.79. The van der Waals surface area contributed by atoms with E-state index in [1.807, 2.05) is 0 Å². The molecule has 3 aliphatic rings. The standard InChI is InChI=1S/C16H27N5O2/c1-3-4-6-11-21-12-13(19(2)16(23)18-14(12)22)17-15(21)20-9-7-5-8-10-20/h12-13H,3-11H2,1-2H3,(H,18,22,23). The van der Waals surface area contributed by atoms with Crippen LogP contribution in [-0.2, 0) is 4.79 Å². The first-order chi connectivity index (χ1) is 11.1. The third kappa shape index (κ3) is 3.01. The van der Waals surface area contributed by atoms with Gasteiger partial charge in [0.2, 0.25) is 0 Å². The predicted molar refractivity (Wildman–Crippen MR) is 88.0 cm³/mol. The van der Waals surface area contributed by atoms with Gasteiger partial charge in [0.1, 0.15) is 0 Å². The minimum atomic E-state index is -0.394. The fourth-order valence-corrected chi connectivity index (χ4v) is 3.64. The molecular weight excluding hydrogens is 294 g/mol. The van der Waals surface area contributed by atoms with Gasteiger partial charge in [0.05, 0.1) is 0 Å². The number of guanidine groups is 1. The van der Waals surface area contributed by atoms with Gasteiger partial charge >= 0.3 is 6.03 Å². The first-order valence-electron chi connectivity index (χ1n) is 8.80. The van der Waals surface area contributed by atoms with Crippen LogP contribution in [0.4, 0.5) is 4.79 Å². The van der Waals surface area contributed by atoms with Crippen molar-refractivity contribution >= 4 is 17.9 Å². The van der Waals surface area contributed by atoms with E-state index >= 15 is 0 Å². The van der Waals surface area contributed by atoms with Gasteiger partial charge in [0, 0.05) is 26.7 Å². The van der Waals surface area contributed by atoms with Crippen molar-refractivity contribution in [3.8, 4) is 0 Å². The number of amides is 3. The zero-order chi connectivity index (χ0) is 16.4. The second-order valence-electron chi connectivity index (χ2n) is 6.64. The summed E-state index contributed by atoms with van der Waals surface area (Å²) in [5.41, 5.74) is 0. The number of likely N-dealkylation sites (tertiary alicyclic amines) is 1. The molecule has 0 saturated carbocycles. The molecule has 0 aromatic rings. The highest BCUT2D eigenvalue weighted by Crippen LogP contribution is 2.27. The number of unbranched alkanes of at least 4 members (excludes halogenated alkanes) is 2. The van der Waals surface area contributed by atoms with Crippen LogP contribution in [-0.4, -0.2) is 71.5 Å². The van der Waals surface area contributed by atoms with Crippen molar-refractivity contribution in [1.82, 2.24) is 20.0 Å². The Morgan fingerprint density at radius 1 is 1.17 bits per heavy atom. The maximum atomic E-state index is 12.4. The molecule has 128 valence electrons. The number of fused-ring (bicyclic) bond motifs is 1. The number of hydrogen-bond acceptors (Lipinski definition) is 5. The van der Waals surface area contributed by atoms with Crippen molar-refractivity contribution in [1.29, 1.82) is 0 Å². The molecule has 2 atom stereocenters. The van der Waals surface area contributed by atoms with Crippen LogP contribution in [0.2, 0.25) is 0 Å². The van der Waals surface area contributed by atoms with Crippen LogP contribution in [0, 0.1) is 0 Å². The fourth-order valence-electron chi connectivity index (χ4n) is 3.64. The lowest BCUT2D eigenvalue weighted by atomic mass is 10.1. The lowest BCUT2D eigenvalue weighted by Gasteiger charge is -2.38. The van der Waals surface area contributed by atoms with E-state index in [0.29, 0.717) is 0 Å². The summed E-state index contributed by atoms with van der Waals surface area (Å²) >= 11 is 0. The normalized spacial score (nSPS) is 27.9. The Kier molecular flexibility index (Phi) is 4.73. The maximum absolute atomic E-state index is 12.4. The number of imide groups is 1. The summed E-state index contributed by atoms with van der Waals surface area (Å²) in [5.74, 6) is 0.692. The Balaban J connectivity index is 1.84. The summed E-state index contributed by atoms with van der Waals surface area (Å²) in [6.45, 7) is 4.97. The topological polar surface area (TPSA) is 68.2 Å². The van der Waals surface area contributed by atoms with Gasteiger partial charge in [0.25, 0.3) is 5.91 Å². The molecule has 0 spiro atoms. The molecule has 0 aliphatic carbocycles. The van der Waals surface area contributed by atoms with Crippen LogP contribution in [0.1, 0.15) is 45.4 Å². The second-order valence-corrected chi connectivity index (χ2v) is 6.64. The molecule has 2 unspecified atom stereocenters. The number of nitrogens with zero attached hydrogens (tertiary/aromatic N) is 4. The molecule has 0 radical (unpaired) electrons. The van der Waals surface area contributed by atoms with Crippen LogP contribution in [0.15, 0.2) is 4.99 Å². The number of carbonyl (C=O) groups is 2. The molecule has 3 rings (SSSR count). The molecule has 3 amide bonds. The number of nitrogens with one attached hydrogen (secondary N) is 1. The Bertz CT molecular complexity index is 501. The summed E-state index contributed by atoms with van der Waals surface area (Å²) in [7, 11) is 1.71. The Morgan fingerprint density at radius 3 is 2.61 bits per heavy atom. The average molecular weight is 321 g/mol. The van der Waals surface area contributed by atoms with E-state index in [2.05, 4.69) is 22.0 Å². The van der Waals surface area contributed by atoms with Crippen LogP contribution < -0.4 is 5.32 Å². The van der Waals surface area contributed by atoms with E-state index in [-0.39, 0.29) is 18.0 Å². The van der Waals surface area contributed by atoms with E-state index in [1.165, 1.54) is 6.42 Å². The van der Waals surface area contributed by atoms with E-state index < -0.39 is 6.17 Å². The first-order valence-corrected chi connectivity index (χ1v) is 8.80. The Labute approximate surface area is 137 Å². The molecule has 1 N–H and O–H groups in total. The van der Waals surface area contributed by atoms with Crippen molar-refractivity contribution < 1.29 is 9.59 Å². The first kappa shape index (κ1) is 16.1. The molecule has 0 bridgehead atoms. The van der Waals surface area contributed by atoms with E-state index in [1.54, 1.807) is 11.9 Å². The average Bonchev–Trinajstić information content (AvgIpc) is 2.94. The van der Waals surface area contributed by atoms with Gasteiger partial charge in [-0.05, 0) is 25.7 Å². The van der Waals surface area contributed by atoms with Crippen LogP contribution in [0.5, 0.6) is 0 Å². The maximum Gasteiger partial charge on any atom is 0.325 e. The highest BCUT2D eigenvalue weighted by molar-refractivity contribution is 6.03. The van der Waals surface area contributed by atoms with E-state index in [9.17, 15) is 9.59 Å². The second kappa shape index (κ2) is 6.76. The molecular formula is C16H27N5O2. The third-order valence-electron chi connectivity index (χ3n) is 4.98. The number of carbonyl (C=O) groups excluding carboxylic acids is 2. The molecule has 3 heterocycles. The van der Waals surface area contributed by atoms with Crippen molar-refractivity contribution in [2.75, 3.05) is 26.7 Å². The number of urea groups is 1. The van der Waals surface area contributed by atoms with Gasteiger partial charge in [-0.15, -0.1) is 0 Å². The molecule has 2 fully saturated rings. The monoisotopic (exact) mass is 321 g/mol. The fraction of sp³-hybridized carbons (Fsp3) is 0.812. The zero-order valence-electron chi connectivity index (χ0n) is 14.1. The smallest absolute Gasteiger partial charge is 0.325 e. The van der Waals surface area contributed by atoms with Crippen LogP contribution >= 0.6 is 0 Å². The Morgan fingerprint density at radius 2 is 1.91 bits per heavy atom. The van der Waals surface area contributed by atoms with Gasteiger partial charge in [-0.2, -0.15) is 0 Å². The summed E-state index contributed by atoms with van der Waals surface area (Å²) in [4.78, 5) is 35.1. The molecule has 7 heteroatoms. The number of piperidine rings is 1. The zero-order valence-corrected chi connectivity index (χ0v) is 14.1. The SMILES string of the molecule is CCCCCN1C(N2CCCCC2)=NC2C1C(=O)NC(=O)N2C. The minimum Gasteiger partial charge on any atom is -0.343 e. The van der Waals surface area contributed by atoms with E-state index in [4.69, 9.17) is 4.99 Å². The third-order valence-corrected chi connectivity index (χ3v) is 4.98. The lowest BCUT2D eigenvalue weighted by molar-refractivity contribution is -0.127. The molecule has 0 aromatic heterocycles. The number of likely N-dealkylation sites (N-methyl/N-ethyl adjacent to an activating group) is 1. The van der Waals surface area contributed by atoms with Crippen molar-refractivity contribution in [2.24, 2.45) is 4.99 Å². The summed E-state index contributed by atoms with van der Waals surface area (Å²) in [6, 6.07) is -0.736. The molecule has 0 aromatic carbocycles. The van der Waals surface area contributed by atoms with Crippen molar-refractivity contribution in [3.63, 3.8) is 0 Å². The van der Waals surface area contributed by atoms with Crippen LogP contribution in [0.25, 0.3) is 0 Å². The summed E-state index contributed by atoms with van der Waals surface area (Å²) in [5, 5.41) is 2.46. The van der Waals surface area contributed by atoms with Gasteiger partial charge in [0.15, 0.2) is 18.2 Å². The largest absolute Gasteiger partial charge is 0.343 e. The number of hydrogen-bond donors (Lipinski definition) is 1. The highest BCUT2D eigenvalue weighted by Gasteiger charge is 2.49. The molecule has 23 heavy (non-hydrogen) atoms. The quantitative estimate of drug-likeness (QED) is 0.790. The lowest BCUT2D eigenvalue weighted by Crippen LogP contribution is -2.64. The van der Waals surface area contributed by atoms with Crippen molar-refractivity contribution in [2.45, 2.75) is 57.7 Å². The van der Waals surface area contributed by atoms with Gasteiger partial charge in [-0.3, -0.25) is 10.1 Å². The molecule has 7 nitrogen and oxygen atoms in total. The summed E-state index contributed by atoms with van der Waals surface area (Å²) in [6.07, 6.45) is 6.51. The van der Waals surface area contributed by atoms with Crippen LogP contribution in [0.3, 0.4) is 0 Å². The highest BCUT2D eigenvalue weighted by atomic mass is 16.2. The van der Waals surface area contributed by atoms with Gasteiger partial charge in [-0.25, -0.2) is 9.79 Å². The molecule has 3 aliphatic heterocycles. The summed E-state index contributed by atoms with van der Waals surface area (Å²) < 4.78 is 0. The van der Waals surface area contributed by atoms with E-state index in [0.717, 1.165) is 57.7 Å².